The number of nitrogens with one attached hydrogen (secondary N) is 1. The number of amides is 1. The first-order chi connectivity index (χ1) is 12.8. The SMILES string of the molecule is CNCCC1CCN(C(=O)C2CCc3nc(C)nc(C(F)(F)F)c3C2)CC1.Cl.Cl. The predicted octanol–water partition coefficient (Wildman–Crippen LogP) is 3.60. The van der Waals surface area contributed by atoms with E-state index in [1.54, 1.807) is 0 Å². The minimum Gasteiger partial charge on any atom is -0.342 e. The zero-order chi connectivity index (χ0) is 19.6. The number of nitrogens with zero attached hydrogens (tertiary/aromatic N) is 3. The number of fused-ring (bicyclic) bond motifs is 1. The second-order valence-corrected chi connectivity index (χ2v) is 7.64. The maximum absolute atomic E-state index is 13.4. The van der Waals surface area contributed by atoms with Crippen molar-refractivity contribution in [2.75, 3.05) is 26.7 Å². The molecule has 1 unspecified atom stereocenters. The fourth-order valence-corrected chi connectivity index (χ4v) is 4.23. The molecule has 166 valence electrons. The highest BCUT2D eigenvalue weighted by Crippen LogP contribution is 2.36. The van der Waals surface area contributed by atoms with Crippen molar-refractivity contribution < 1.29 is 18.0 Å². The van der Waals surface area contributed by atoms with Crippen LogP contribution >= 0.6 is 24.8 Å². The van der Waals surface area contributed by atoms with Gasteiger partial charge in [-0.3, -0.25) is 4.79 Å². The highest BCUT2D eigenvalue weighted by Gasteiger charge is 2.40. The average Bonchev–Trinajstić information content (AvgIpc) is 2.64. The van der Waals surface area contributed by atoms with Crippen molar-refractivity contribution in [1.29, 1.82) is 0 Å². The Morgan fingerprint density at radius 1 is 1.17 bits per heavy atom. The van der Waals surface area contributed by atoms with Crippen LogP contribution in [0.5, 0.6) is 0 Å². The van der Waals surface area contributed by atoms with E-state index >= 15 is 0 Å². The molecule has 3 rings (SSSR count). The first kappa shape index (κ1) is 25.9. The van der Waals surface area contributed by atoms with Crippen molar-refractivity contribution in [3.63, 3.8) is 0 Å². The molecule has 0 spiro atoms. The van der Waals surface area contributed by atoms with Gasteiger partial charge < -0.3 is 10.2 Å². The van der Waals surface area contributed by atoms with Crippen LogP contribution in [-0.2, 0) is 23.8 Å². The summed E-state index contributed by atoms with van der Waals surface area (Å²) in [7, 11) is 1.93. The molecule has 29 heavy (non-hydrogen) atoms. The molecule has 1 aromatic heterocycles. The summed E-state index contributed by atoms with van der Waals surface area (Å²) in [5, 5.41) is 3.15. The average molecular weight is 457 g/mol. The van der Waals surface area contributed by atoms with Crippen LogP contribution in [0.15, 0.2) is 0 Å². The third-order valence-electron chi connectivity index (χ3n) is 5.73. The summed E-state index contributed by atoms with van der Waals surface area (Å²) in [6.45, 7) is 3.85. The monoisotopic (exact) mass is 456 g/mol. The molecule has 5 nitrogen and oxygen atoms in total. The van der Waals surface area contributed by atoms with Crippen LogP contribution in [0.2, 0.25) is 0 Å². The van der Waals surface area contributed by atoms with Crippen LogP contribution in [0.3, 0.4) is 0 Å². The van der Waals surface area contributed by atoms with Crippen LogP contribution in [-0.4, -0.2) is 47.5 Å². The Bertz CT molecular complexity index is 695. The first-order valence-electron chi connectivity index (χ1n) is 9.66. The smallest absolute Gasteiger partial charge is 0.342 e. The van der Waals surface area contributed by atoms with Gasteiger partial charge in [-0.2, -0.15) is 13.2 Å². The molecule has 1 fully saturated rings. The topological polar surface area (TPSA) is 58.1 Å². The van der Waals surface area contributed by atoms with Gasteiger partial charge in [0.1, 0.15) is 5.82 Å². The molecule has 1 aliphatic carbocycles. The number of hydrogen-bond acceptors (Lipinski definition) is 4. The molecule has 1 N–H and O–H groups in total. The van der Waals surface area contributed by atoms with E-state index in [-0.39, 0.29) is 48.5 Å². The van der Waals surface area contributed by atoms with E-state index < -0.39 is 17.8 Å². The number of rotatable bonds is 4. The highest BCUT2D eigenvalue weighted by molar-refractivity contribution is 5.85. The zero-order valence-corrected chi connectivity index (χ0v) is 18.4. The van der Waals surface area contributed by atoms with Crippen LogP contribution < -0.4 is 5.32 Å². The second-order valence-electron chi connectivity index (χ2n) is 7.64. The molecule has 0 aromatic carbocycles. The van der Waals surface area contributed by atoms with Gasteiger partial charge in [-0.15, -0.1) is 24.8 Å². The lowest BCUT2D eigenvalue weighted by molar-refractivity contribution is -0.143. The molecule has 1 saturated heterocycles. The molecule has 10 heteroatoms. The van der Waals surface area contributed by atoms with E-state index in [9.17, 15) is 18.0 Å². The third-order valence-corrected chi connectivity index (χ3v) is 5.73. The molecule has 1 aliphatic heterocycles. The number of piperidine rings is 1. The molecule has 0 bridgehead atoms. The highest BCUT2D eigenvalue weighted by atomic mass is 35.5. The summed E-state index contributed by atoms with van der Waals surface area (Å²) >= 11 is 0. The molecule has 1 amide bonds. The van der Waals surface area contributed by atoms with Gasteiger partial charge in [-0.05, 0) is 65.0 Å². The zero-order valence-electron chi connectivity index (χ0n) is 16.7. The lowest BCUT2D eigenvalue weighted by Gasteiger charge is -2.35. The van der Waals surface area contributed by atoms with Crippen LogP contribution in [0.1, 0.15) is 48.5 Å². The minimum atomic E-state index is -4.52. The van der Waals surface area contributed by atoms with E-state index in [1.807, 2.05) is 11.9 Å². The quantitative estimate of drug-likeness (QED) is 0.751. The second kappa shape index (κ2) is 10.8. The Kier molecular flexibility index (Phi) is 9.63. The summed E-state index contributed by atoms with van der Waals surface area (Å²) in [5.74, 6) is 0.330. The fraction of sp³-hybridized carbons (Fsp3) is 0.737. The number of carbonyl (C=O) groups is 1. The van der Waals surface area contributed by atoms with Gasteiger partial charge in [0.25, 0.3) is 0 Å². The summed E-state index contributed by atoms with van der Waals surface area (Å²) in [5.41, 5.74) is -0.306. The van der Waals surface area contributed by atoms with Gasteiger partial charge >= 0.3 is 6.18 Å². The van der Waals surface area contributed by atoms with Crippen molar-refractivity contribution in [2.24, 2.45) is 11.8 Å². The predicted molar refractivity (Wildman–Crippen MR) is 110 cm³/mol. The van der Waals surface area contributed by atoms with E-state index in [1.165, 1.54) is 6.92 Å². The van der Waals surface area contributed by atoms with Gasteiger partial charge in [-0.25, -0.2) is 9.97 Å². The molecule has 0 saturated carbocycles. The van der Waals surface area contributed by atoms with Gasteiger partial charge in [0.05, 0.1) is 0 Å². The number of aromatic nitrogens is 2. The lowest BCUT2D eigenvalue weighted by atomic mass is 9.83. The summed E-state index contributed by atoms with van der Waals surface area (Å²) in [4.78, 5) is 22.6. The van der Waals surface area contributed by atoms with Crippen molar-refractivity contribution in [1.82, 2.24) is 20.2 Å². The summed E-state index contributed by atoms with van der Waals surface area (Å²) in [6, 6.07) is 0. The van der Waals surface area contributed by atoms with Crippen LogP contribution in [0, 0.1) is 18.8 Å². The first-order valence-corrected chi connectivity index (χ1v) is 9.66. The molecule has 2 aliphatic rings. The minimum absolute atomic E-state index is 0. The van der Waals surface area contributed by atoms with Crippen molar-refractivity contribution in [2.45, 2.75) is 51.6 Å². The Morgan fingerprint density at radius 3 is 2.41 bits per heavy atom. The number of halogens is 5. The van der Waals surface area contributed by atoms with Crippen molar-refractivity contribution in [3.8, 4) is 0 Å². The Balaban J connectivity index is 0.00000210. The summed E-state index contributed by atoms with van der Waals surface area (Å²) < 4.78 is 40.2. The van der Waals surface area contributed by atoms with E-state index in [2.05, 4.69) is 15.3 Å². The van der Waals surface area contributed by atoms with E-state index in [0.717, 1.165) is 25.8 Å². The Morgan fingerprint density at radius 2 is 1.83 bits per heavy atom. The van der Waals surface area contributed by atoms with Gasteiger partial charge in [0, 0.05) is 30.3 Å². The van der Waals surface area contributed by atoms with Crippen molar-refractivity contribution >= 4 is 30.7 Å². The Labute approximate surface area is 182 Å². The molecular weight excluding hydrogens is 428 g/mol. The maximum Gasteiger partial charge on any atom is 0.433 e. The number of aryl methyl sites for hydroxylation is 2. The number of alkyl halides is 3. The number of likely N-dealkylation sites (tertiary alicyclic amines) is 1. The standard InChI is InChI=1S/C19H27F3N4O.2ClH/c1-12-24-16-4-3-14(11-15(16)17(25-12)19(20,21)22)18(27)26-9-6-13(7-10-26)5-8-23-2;;/h13-14,23H,3-11H2,1-2H3;2*1H. The largest absolute Gasteiger partial charge is 0.433 e. The summed E-state index contributed by atoms with van der Waals surface area (Å²) in [6.07, 6.45) is -0.450. The molecule has 1 atom stereocenters. The van der Waals surface area contributed by atoms with E-state index in [4.69, 9.17) is 0 Å². The Hall–Kier alpha value is -1.12. The van der Waals surface area contributed by atoms with Crippen LogP contribution in [0.4, 0.5) is 13.2 Å². The normalized spacial score (nSPS) is 19.8. The molecule has 2 heterocycles. The molecular formula is C19H29Cl2F3N4O. The van der Waals surface area contributed by atoms with Gasteiger partial charge in [-0.1, -0.05) is 0 Å². The number of carbonyl (C=O) groups excluding carboxylic acids is 1. The third kappa shape index (κ3) is 6.18. The van der Waals surface area contributed by atoms with Gasteiger partial charge in [0.2, 0.25) is 5.91 Å². The lowest BCUT2D eigenvalue weighted by Crippen LogP contribution is -2.43. The fourth-order valence-electron chi connectivity index (χ4n) is 4.23. The van der Waals surface area contributed by atoms with Crippen molar-refractivity contribution in [3.05, 3.63) is 22.8 Å². The van der Waals surface area contributed by atoms with Crippen LogP contribution in [0.25, 0.3) is 0 Å². The molecule has 0 radical (unpaired) electrons. The van der Waals surface area contributed by atoms with E-state index in [0.29, 0.717) is 37.5 Å². The maximum atomic E-state index is 13.4. The van der Waals surface area contributed by atoms with Gasteiger partial charge in [0.15, 0.2) is 5.69 Å². The molecule has 1 aromatic rings. The number of hydrogen-bond donors (Lipinski definition) is 1.